The molecule has 0 aromatic carbocycles. The Balaban J connectivity index is 1.66. The number of ether oxygens (including phenoxy) is 1. The quantitative estimate of drug-likeness (QED) is 0.774. The van der Waals surface area contributed by atoms with Crippen molar-refractivity contribution >= 4 is 5.82 Å². The molecule has 1 aliphatic carbocycles. The Morgan fingerprint density at radius 3 is 3.15 bits per heavy atom. The summed E-state index contributed by atoms with van der Waals surface area (Å²) < 4.78 is 5.17. The van der Waals surface area contributed by atoms with Crippen molar-refractivity contribution in [1.82, 2.24) is 9.97 Å². The van der Waals surface area contributed by atoms with Crippen molar-refractivity contribution in [3.8, 4) is 0 Å². The highest BCUT2D eigenvalue weighted by Crippen LogP contribution is 2.31. The highest BCUT2D eigenvalue weighted by atomic mass is 16.5. The van der Waals surface area contributed by atoms with Crippen LogP contribution >= 0.6 is 0 Å². The molecule has 3 rings (SSSR count). The molecule has 1 fully saturated rings. The molecule has 0 saturated carbocycles. The van der Waals surface area contributed by atoms with Gasteiger partial charge in [-0.15, -0.1) is 0 Å². The van der Waals surface area contributed by atoms with Crippen molar-refractivity contribution in [1.29, 1.82) is 0 Å². The van der Waals surface area contributed by atoms with Crippen molar-refractivity contribution < 1.29 is 4.74 Å². The van der Waals surface area contributed by atoms with Crippen molar-refractivity contribution in [2.45, 2.75) is 44.9 Å². The number of anilines is 1. The summed E-state index contributed by atoms with van der Waals surface area (Å²) in [5.74, 6) is 2.02. The normalized spacial score (nSPS) is 22.1. The number of hydrogen-bond acceptors (Lipinski definition) is 4. The molecule has 1 saturated heterocycles. The van der Waals surface area contributed by atoms with E-state index in [1.807, 2.05) is 0 Å². The van der Waals surface area contributed by atoms with Gasteiger partial charge in [0.2, 0.25) is 0 Å². The monoisotopic (exact) mass is 275 g/mol. The fourth-order valence-electron chi connectivity index (χ4n) is 3.62. The van der Waals surface area contributed by atoms with E-state index in [0.717, 1.165) is 38.5 Å². The smallest absolute Gasteiger partial charge is 0.135 e. The molecule has 1 atom stereocenters. The fraction of sp³-hybridized carbons (Fsp3) is 0.750. The molecule has 4 nitrogen and oxygen atoms in total. The van der Waals surface area contributed by atoms with E-state index in [4.69, 9.17) is 4.74 Å². The molecule has 2 aliphatic rings. The van der Waals surface area contributed by atoms with Crippen LogP contribution in [0.5, 0.6) is 0 Å². The molecule has 2 heterocycles. The second kappa shape index (κ2) is 6.53. The van der Waals surface area contributed by atoms with Crippen LogP contribution in [0.2, 0.25) is 0 Å². The number of rotatable bonds is 5. The van der Waals surface area contributed by atoms with Crippen LogP contribution in [-0.2, 0) is 17.6 Å². The van der Waals surface area contributed by atoms with Gasteiger partial charge >= 0.3 is 0 Å². The SMILES string of the molecule is COCCCC1CCCN(c2ncnc3c2CCC3)C1. The average molecular weight is 275 g/mol. The second-order valence-electron chi connectivity index (χ2n) is 6.07. The van der Waals surface area contributed by atoms with Crippen LogP contribution in [0.4, 0.5) is 5.82 Å². The minimum absolute atomic E-state index is 0.797. The van der Waals surface area contributed by atoms with Crippen LogP contribution in [0.1, 0.15) is 43.4 Å². The third-order valence-corrected chi connectivity index (χ3v) is 4.63. The fourth-order valence-corrected chi connectivity index (χ4v) is 3.62. The summed E-state index contributed by atoms with van der Waals surface area (Å²) in [4.78, 5) is 11.5. The van der Waals surface area contributed by atoms with Gasteiger partial charge in [-0.05, 0) is 50.9 Å². The average Bonchev–Trinajstić information content (AvgIpc) is 2.96. The van der Waals surface area contributed by atoms with Gasteiger partial charge in [-0.2, -0.15) is 0 Å². The lowest BCUT2D eigenvalue weighted by Crippen LogP contribution is -2.36. The van der Waals surface area contributed by atoms with Crippen molar-refractivity contribution in [2.75, 3.05) is 31.7 Å². The molecular formula is C16H25N3O. The molecule has 0 bridgehead atoms. The number of methoxy groups -OCH3 is 1. The Kier molecular flexibility index (Phi) is 4.51. The van der Waals surface area contributed by atoms with Crippen LogP contribution in [0.15, 0.2) is 6.33 Å². The summed E-state index contributed by atoms with van der Waals surface area (Å²) in [5, 5.41) is 0. The van der Waals surface area contributed by atoms with E-state index in [0.29, 0.717) is 0 Å². The van der Waals surface area contributed by atoms with Crippen LogP contribution in [0, 0.1) is 5.92 Å². The lowest BCUT2D eigenvalue weighted by molar-refractivity contribution is 0.184. The standard InChI is InChI=1S/C16H25N3O/c1-20-10-4-6-13-5-3-9-19(11-13)16-14-7-2-8-15(14)17-12-18-16/h12-13H,2-11H2,1H3. The number of nitrogens with zero attached hydrogens (tertiary/aromatic N) is 3. The zero-order valence-corrected chi connectivity index (χ0v) is 12.5. The van der Waals surface area contributed by atoms with E-state index >= 15 is 0 Å². The predicted molar refractivity (Wildman–Crippen MR) is 80.1 cm³/mol. The van der Waals surface area contributed by atoms with Gasteiger partial charge < -0.3 is 9.64 Å². The van der Waals surface area contributed by atoms with E-state index in [2.05, 4.69) is 14.9 Å². The molecule has 4 heteroatoms. The third-order valence-electron chi connectivity index (χ3n) is 4.63. The van der Waals surface area contributed by atoms with Crippen LogP contribution in [0.3, 0.4) is 0 Å². The van der Waals surface area contributed by atoms with Gasteiger partial charge in [-0.25, -0.2) is 9.97 Å². The summed E-state index contributed by atoms with van der Waals surface area (Å²) in [6.45, 7) is 3.21. The van der Waals surface area contributed by atoms with Crippen LogP contribution < -0.4 is 4.90 Å². The Bertz CT molecular complexity index is 449. The first kappa shape index (κ1) is 13.8. The highest BCUT2D eigenvalue weighted by Gasteiger charge is 2.25. The molecule has 1 aliphatic heterocycles. The molecule has 0 radical (unpaired) electrons. The van der Waals surface area contributed by atoms with Gasteiger partial charge in [0.25, 0.3) is 0 Å². The first-order valence-electron chi connectivity index (χ1n) is 7.95. The van der Waals surface area contributed by atoms with E-state index in [1.165, 1.54) is 49.2 Å². The Labute approximate surface area is 121 Å². The van der Waals surface area contributed by atoms with Crippen molar-refractivity contribution in [3.63, 3.8) is 0 Å². The predicted octanol–water partition coefficient (Wildman–Crippen LogP) is 2.61. The van der Waals surface area contributed by atoms with Crippen molar-refractivity contribution in [3.05, 3.63) is 17.6 Å². The topological polar surface area (TPSA) is 38.2 Å². The maximum absolute atomic E-state index is 5.17. The number of hydrogen-bond donors (Lipinski definition) is 0. The number of piperidine rings is 1. The van der Waals surface area contributed by atoms with Gasteiger partial charge in [-0.1, -0.05) is 0 Å². The maximum Gasteiger partial charge on any atom is 0.135 e. The lowest BCUT2D eigenvalue weighted by atomic mass is 9.93. The molecule has 0 N–H and O–H groups in total. The number of fused-ring (bicyclic) bond motifs is 1. The molecule has 1 unspecified atom stereocenters. The molecular weight excluding hydrogens is 250 g/mol. The van der Waals surface area contributed by atoms with E-state index in [-0.39, 0.29) is 0 Å². The van der Waals surface area contributed by atoms with Crippen LogP contribution in [0.25, 0.3) is 0 Å². The van der Waals surface area contributed by atoms with Gasteiger partial charge in [0.1, 0.15) is 12.1 Å². The molecule has 0 spiro atoms. The van der Waals surface area contributed by atoms with Crippen molar-refractivity contribution in [2.24, 2.45) is 5.92 Å². The zero-order valence-electron chi connectivity index (χ0n) is 12.5. The first-order chi connectivity index (χ1) is 9.88. The summed E-state index contributed by atoms with van der Waals surface area (Å²) in [7, 11) is 1.79. The van der Waals surface area contributed by atoms with E-state index in [9.17, 15) is 0 Å². The molecule has 1 aromatic rings. The molecule has 110 valence electrons. The second-order valence-corrected chi connectivity index (χ2v) is 6.07. The molecule has 0 amide bonds. The van der Waals surface area contributed by atoms with Gasteiger partial charge in [0, 0.05) is 38.1 Å². The van der Waals surface area contributed by atoms with Gasteiger partial charge in [0.05, 0.1) is 0 Å². The highest BCUT2D eigenvalue weighted by molar-refractivity contribution is 5.50. The largest absolute Gasteiger partial charge is 0.385 e. The minimum atomic E-state index is 0.797. The number of aromatic nitrogens is 2. The van der Waals surface area contributed by atoms with Gasteiger partial charge in [-0.3, -0.25) is 0 Å². The Morgan fingerprint density at radius 2 is 2.25 bits per heavy atom. The number of aryl methyl sites for hydroxylation is 1. The Hall–Kier alpha value is -1.16. The molecule has 20 heavy (non-hydrogen) atoms. The zero-order chi connectivity index (χ0) is 13.8. The summed E-state index contributed by atoms with van der Waals surface area (Å²) >= 11 is 0. The van der Waals surface area contributed by atoms with E-state index < -0.39 is 0 Å². The summed E-state index contributed by atoms with van der Waals surface area (Å²) in [5.41, 5.74) is 2.71. The first-order valence-corrected chi connectivity index (χ1v) is 7.95. The van der Waals surface area contributed by atoms with E-state index in [1.54, 1.807) is 13.4 Å². The minimum Gasteiger partial charge on any atom is -0.385 e. The molecule has 1 aromatic heterocycles. The lowest BCUT2D eigenvalue weighted by Gasteiger charge is -2.34. The Morgan fingerprint density at radius 1 is 1.30 bits per heavy atom. The maximum atomic E-state index is 5.17. The summed E-state index contributed by atoms with van der Waals surface area (Å²) in [6.07, 6.45) is 10.4. The van der Waals surface area contributed by atoms with Gasteiger partial charge in [0.15, 0.2) is 0 Å². The van der Waals surface area contributed by atoms with Crippen LogP contribution in [-0.4, -0.2) is 36.8 Å². The third kappa shape index (κ3) is 2.95. The summed E-state index contributed by atoms with van der Waals surface area (Å²) in [6, 6.07) is 0.